The molecular weight excluding hydrogens is 414 g/mol. The summed E-state index contributed by atoms with van der Waals surface area (Å²) in [7, 11) is 0. The predicted molar refractivity (Wildman–Crippen MR) is 125 cm³/mol. The number of anilines is 1. The number of benzene rings is 1. The van der Waals surface area contributed by atoms with Crippen LogP contribution in [0, 0.1) is 17.8 Å². The number of hydrogen-bond acceptors (Lipinski definition) is 5. The third-order valence-electron chi connectivity index (χ3n) is 8.30. The SMILES string of the molecule is O=C1N[C@@]2(CC3CCC2CC3C(=O)N2CCN(Cc3ccncc3)CC2)Nc2ccccc21. The number of carbonyl (C=O) groups excluding carboxylic acids is 2. The molecule has 2 aliphatic heterocycles. The minimum Gasteiger partial charge on any atom is -0.362 e. The first-order valence-electron chi connectivity index (χ1n) is 12.2. The summed E-state index contributed by atoms with van der Waals surface area (Å²) in [6.45, 7) is 4.32. The molecular formula is C26H31N5O2. The molecule has 3 unspecified atom stereocenters. The van der Waals surface area contributed by atoms with Gasteiger partial charge in [-0.25, -0.2) is 0 Å². The summed E-state index contributed by atoms with van der Waals surface area (Å²) in [5.74, 6) is 1.00. The molecule has 3 heterocycles. The summed E-state index contributed by atoms with van der Waals surface area (Å²) < 4.78 is 0. The molecule has 7 rings (SSSR count). The number of aromatic nitrogens is 1. The number of piperazine rings is 1. The van der Waals surface area contributed by atoms with E-state index >= 15 is 0 Å². The molecule has 2 aromatic rings. The van der Waals surface area contributed by atoms with Gasteiger partial charge in [-0.05, 0) is 61.4 Å². The van der Waals surface area contributed by atoms with Crippen LogP contribution in [-0.4, -0.2) is 58.4 Å². The standard InChI is InChI=1S/C26H31N5O2/c32-24-21-3-1-2-4-23(21)28-26(29-24)16-19-5-6-20(26)15-22(19)25(33)31-13-11-30(12-14-31)17-18-7-9-27-10-8-18/h1-4,7-10,19-20,22,28H,5-6,11-17H2,(H,29,32)/t19?,20?,22?,26-/m1/s1. The number of nitrogens with one attached hydrogen (secondary N) is 2. The summed E-state index contributed by atoms with van der Waals surface area (Å²) in [6, 6.07) is 11.8. The Morgan fingerprint density at radius 2 is 1.82 bits per heavy atom. The molecule has 3 aliphatic carbocycles. The van der Waals surface area contributed by atoms with Crippen LogP contribution in [0.5, 0.6) is 0 Å². The Balaban J connectivity index is 1.10. The number of para-hydroxylation sites is 1. The van der Waals surface area contributed by atoms with Gasteiger partial charge in [0.2, 0.25) is 5.91 Å². The van der Waals surface area contributed by atoms with Crippen molar-refractivity contribution in [1.82, 2.24) is 20.1 Å². The van der Waals surface area contributed by atoms with Crippen molar-refractivity contribution < 1.29 is 9.59 Å². The number of pyridine rings is 1. The number of carbonyl (C=O) groups is 2. The van der Waals surface area contributed by atoms with Crippen molar-refractivity contribution in [3.63, 3.8) is 0 Å². The lowest BCUT2D eigenvalue weighted by molar-refractivity contribution is -0.145. The largest absolute Gasteiger partial charge is 0.362 e. The summed E-state index contributed by atoms with van der Waals surface area (Å²) in [5, 5.41) is 6.98. The van der Waals surface area contributed by atoms with Crippen molar-refractivity contribution in [3.8, 4) is 0 Å². The molecule has 2 amide bonds. The fourth-order valence-corrected chi connectivity index (χ4v) is 6.55. The third kappa shape index (κ3) is 3.68. The van der Waals surface area contributed by atoms with Gasteiger partial charge in [0.25, 0.3) is 5.91 Å². The van der Waals surface area contributed by atoms with E-state index in [0.717, 1.165) is 64.1 Å². The predicted octanol–water partition coefficient (Wildman–Crippen LogP) is 2.71. The highest BCUT2D eigenvalue weighted by molar-refractivity contribution is 6.02. The van der Waals surface area contributed by atoms with E-state index in [1.54, 1.807) is 0 Å². The summed E-state index contributed by atoms with van der Waals surface area (Å²) >= 11 is 0. The van der Waals surface area contributed by atoms with Gasteiger partial charge in [-0.1, -0.05) is 12.1 Å². The Bertz CT molecular complexity index is 1050. The van der Waals surface area contributed by atoms with Gasteiger partial charge in [-0.3, -0.25) is 19.5 Å². The van der Waals surface area contributed by atoms with Crippen LogP contribution < -0.4 is 10.6 Å². The molecule has 7 nitrogen and oxygen atoms in total. The van der Waals surface area contributed by atoms with E-state index in [0.29, 0.717) is 17.4 Å². The van der Waals surface area contributed by atoms with Crippen molar-refractivity contribution >= 4 is 17.5 Å². The topological polar surface area (TPSA) is 77.6 Å². The van der Waals surface area contributed by atoms with E-state index in [4.69, 9.17) is 0 Å². The number of nitrogens with zero attached hydrogens (tertiary/aromatic N) is 3. The molecule has 33 heavy (non-hydrogen) atoms. The smallest absolute Gasteiger partial charge is 0.255 e. The zero-order valence-corrected chi connectivity index (χ0v) is 18.9. The Labute approximate surface area is 194 Å². The van der Waals surface area contributed by atoms with Crippen molar-refractivity contribution in [2.24, 2.45) is 17.8 Å². The zero-order valence-electron chi connectivity index (χ0n) is 18.9. The van der Waals surface area contributed by atoms with E-state index in [-0.39, 0.29) is 17.7 Å². The van der Waals surface area contributed by atoms with Gasteiger partial charge in [-0.2, -0.15) is 0 Å². The third-order valence-corrected chi connectivity index (χ3v) is 8.30. The van der Waals surface area contributed by atoms with Gasteiger partial charge >= 0.3 is 0 Å². The van der Waals surface area contributed by atoms with Crippen LogP contribution in [0.4, 0.5) is 5.69 Å². The monoisotopic (exact) mass is 445 g/mol. The van der Waals surface area contributed by atoms with E-state index in [9.17, 15) is 9.59 Å². The quantitative estimate of drug-likeness (QED) is 0.760. The maximum Gasteiger partial charge on any atom is 0.255 e. The second kappa shape index (κ2) is 8.13. The molecule has 4 fully saturated rings. The van der Waals surface area contributed by atoms with Crippen LogP contribution in [0.2, 0.25) is 0 Å². The molecule has 2 N–H and O–H groups in total. The molecule has 1 spiro atoms. The first-order valence-corrected chi connectivity index (χ1v) is 12.2. The van der Waals surface area contributed by atoms with E-state index in [1.807, 2.05) is 36.7 Å². The highest BCUT2D eigenvalue weighted by atomic mass is 16.2. The average Bonchev–Trinajstić information content (AvgIpc) is 2.85. The van der Waals surface area contributed by atoms with E-state index in [2.05, 4.69) is 37.6 Å². The van der Waals surface area contributed by atoms with Crippen LogP contribution >= 0.6 is 0 Å². The van der Waals surface area contributed by atoms with Gasteiger partial charge in [0.05, 0.1) is 5.56 Å². The first-order chi connectivity index (χ1) is 16.1. The van der Waals surface area contributed by atoms with Crippen molar-refractivity contribution in [3.05, 3.63) is 59.9 Å². The molecule has 1 saturated heterocycles. The van der Waals surface area contributed by atoms with Crippen molar-refractivity contribution in [1.29, 1.82) is 0 Å². The highest BCUT2D eigenvalue weighted by Gasteiger charge is 2.55. The van der Waals surface area contributed by atoms with Crippen LogP contribution in [0.3, 0.4) is 0 Å². The highest BCUT2D eigenvalue weighted by Crippen LogP contribution is 2.52. The maximum absolute atomic E-state index is 13.5. The molecule has 1 aromatic heterocycles. The van der Waals surface area contributed by atoms with E-state index in [1.165, 1.54) is 5.56 Å². The molecule has 7 heteroatoms. The number of rotatable bonds is 3. The second-order valence-electron chi connectivity index (χ2n) is 10.1. The van der Waals surface area contributed by atoms with Crippen molar-refractivity contribution in [2.45, 2.75) is 37.9 Å². The van der Waals surface area contributed by atoms with Gasteiger partial charge in [-0.15, -0.1) is 0 Å². The second-order valence-corrected chi connectivity index (χ2v) is 10.1. The van der Waals surface area contributed by atoms with Crippen LogP contribution in [0.25, 0.3) is 0 Å². The van der Waals surface area contributed by atoms with Crippen molar-refractivity contribution in [2.75, 3.05) is 31.5 Å². The van der Waals surface area contributed by atoms with Crippen LogP contribution in [0.1, 0.15) is 41.6 Å². The number of fused-ring (bicyclic) bond motifs is 3. The Morgan fingerprint density at radius 3 is 2.58 bits per heavy atom. The molecule has 1 aromatic carbocycles. The van der Waals surface area contributed by atoms with Gasteiger partial charge in [0.1, 0.15) is 5.66 Å². The lowest BCUT2D eigenvalue weighted by atomic mass is 9.58. The Hall–Kier alpha value is -2.93. The number of hydrogen-bond donors (Lipinski definition) is 2. The molecule has 0 radical (unpaired) electrons. The fraction of sp³-hybridized carbons (Fsp3) is 0.500. The molecule has 3 saturated carbocycles. The maximum atomic E-state index is 13.5. The minimum atomic E-state index is -0.408. The Morgan fingerprint density at radius 1 is 1.03 bits per heavy atom. The fourth-order valence-electron chi connectivity index (χ4n) is 6.55. The van der Waals surface area contributed by atoms with Crippen LogP contribution in [-0.2, 0) is 11.3 Å². The Kier molecular flexibility index (Phi) is 5.09. The normalized spacial score (nSPS) is 31.1. The first kappa shape index (κ1) is 20.7. The van der Waals surface area contributed by atoms with Gasteiger partial charge in [0.15, 0.2) is 0 Å². The summed E-state index contributed by atoms with van der Waals surface area (Å²) in [4.78, 5) is 35.0. The lowest BCUT2D eigenvalue weighted by Crippen LogP contribution is -2.68. The average molecular weight is 446 g/mol. The summed E-state index contributed by atoms with van der Waals surface area (Å²) in [6.07, 6.45) is 7.49. The minimum absolute atomic E-state index is 0.00472. The molecule has 5 aliphatic rings. The zero-order chi connectivity index (χ0) is 22.4. The van der Waals surface area contributed by atoms with E-state index < -0.39 is 5.66 Å². The lowest BCUT2D eigenvalue weighted by Gasteiger charge is -2.57. The summed E-state index contributed by atoms with van der Waals surface area (Å²) in [5.41, 5.74) is 2.49. The molecule has 172 valence electrons. The van der Waals surface area contributed by atoms with Gasteiger partial charge in [0, 0.05) is 62.6 Å². The number of amides is 2. The molecule has 4 atom stereocenters. The van der Waals surface area contributed by atoms with Crippen LogP contribution in [0.15, 0.2) is 48.8 Å². The van der Waals surface area contributed by atoms with Gasteiger partial charge < -0.3 is 15.5 Å². The molecule has 2 bridgehead atoms.